The number of aryl methyl sites for hydroxylation is 2. The molecule has 2 aromatic rings. The molecule has 3 nitrogen and oxygen atoms in total. The molecule has 2 N–H and O–H groups in total. The summed E-state index contributed by atoms with van der Waals surface area (Å²) in [6, 6.07) is 6.17. The van der Waals surface area contributed by atoms with Crippen LogP contribution in [0, 0.1) is 6.92 Å². The zero-order valence-electron chi connectivity index (χ0n) is 11.4. The molecule has 0 bridgehead atoms. The normalized spacial score (nSPS) is 12.6. The van der Waals surface area contributed by atoms with Crippen molar-refractivity contribution in [2.45, 2.75) is 39.3 Å². The van der Waals surface area contributed by atoms with Crippen LogP contribution in [0.2, 0.25) is 0 Å². The van der Waals surface area contributed by atoms with Crippen LogP contribution >= 0.6 is 15.9 Å². The summed E-state index contributed by atoms with van der Waals surface area (Å²) in [4.78, 5) is 4.42. The minimum absolute atomic E-state index is 0.0349. The lowest BCUT2D eigenvalue weighted by molar-refractivity contribution is 0.597. The number of nitrogens with two attached hydrogens (primary N) is 1. The van der Waals surface area contributed by atoms with Gasteiger partial charge in [0.05, 0.1) is 0 Å². The van der Waals surface area contributed by atoms with Crippen molar-refractivity contribution in [1.29, 1.82) is 0 Å². The Hall–Kier alpha value is -1.13. The summed E-state index contributed by atoms with van der Waals surface area (Å²) in [5, 5.41) is 0. The van der Waals surface area contributed by atoms with Gasteiger partial charge in [0.1, 0.15) is 5.82 Å². The highest BCUT2D eigenvalue weighted by atomic mass is 79.9. The van der Waals surface area contributed by atoms with E-state index >= 15 is 0 Å². The molecule has 4 heteroatoms. The van der Waals surface area contributed by atoms with Gasteiger partial charge in [0.2, 0.25) is 0 Å². The molecular formula is C15H20BrN3. The van der Waals surface area contributed by atoms with Crippen LogP contribution in [0.1, 0.15) is 36.3 Å². The standard InChI is InChI=1S/C15H20BrN3/c1-3-8-19-9-7-18-14(19)10-13(17)12-6-4-5-11(2)15(12)16/h4-7,9,13H,3,8,10,17H2,1-2H3. The second kappa shape index (κ2) is 6.35. The Morgan fingerprint density at radius 3 is 2.95 bits per heavy atom. The lowest BCUT2D eigenvalue weighted by Gasteiger charge is -2.16. The Morgan fingerprint density at radius 2 is 2.21 bits per heavy atom. The second-order valence-corrected chi connectivity index (χ2v) is 5.62. The summed E-state index contributed by atoms with van der Waals surface area (Å²) in [6.45, 7) is 5.25. The van der Waals surface area contributed by atoms with Crippen LogP contribution in [0.3, 0.4) is 0 Å². The van der Waals surface area contributed by atoms with Gasteiger partial charge in [-0.15, -0.1) is 0 Å². The fourth-order valence-corrected chi connectivity index (χ4v) is 2.80. The van der Waals surface area contributed by atoms with Crippen LogP contribution in [0.5, 0.6) is 0 Å². The minimum Gasteiger partial charge on any atom is -0.335 e. The van der Waals surface area contributed by atoms with Gasteiger partial charge in [-0.25, -0.2) is 4.98 Å². The third-order valence-electron chi connectivity index (χ3n) is 3.29. The number of nitrogens with zero attached hydrogens (tertiary/aromatic N) is 2. The first kappa shape index (κ1) is 14.3. The number of rotatable bonds is 5. The van der Waals surface area contributed by atoms with E-state index in [1.165, 1.54) is 5.56 Å². The van der Waals surface area contributed by atoms with Gasteiger partial charge in [-0.2, -0.15) is 0 Å². The largest absolute Gasteiger partial charge is 0.335 e. The fraction of sp³-hybridized carbons (Fsp3) is 0.400. The van der Waals surface area contributed by atoms with E-state index in [2.05, 4.69) is 51.5 Å². The van der Waals surface area contributed by atoms with Gasteiger partial charge >= 0.3 is 0 Å². The number of imidazole rings is 1. The highest BCUT2D eigenvalue weighted by molar-refractivity contribution is 9.10. The van der Waals surface area contributed by atoms with Crippen molar-refractivity contribution < 1.29 is 0 Å². The number of benzene rings is 1. The molecule has 1 atom stereocenters. The lowest BCUT2D eigenvalue weighted by atomic mass is 10.0. The average molecular weight is 322 g/mol. The van der Waals surface area contributed by atoms with Gasteiger partial charge in [-0.3, -0.25) is 0 Å². The van der Waals surface area contributed by atoms with Crippen molar-refractivity contribution >= 4 is 15.9 Å². The predicted molar refractivity (Wildman–Crippen MR) is 82.0 cm³/mol. The summed E-state index contributed by atoms with van der Waals surface area (Å²) in [5.41, 5.74) is 8.69. The SMILES string of the molecule is CCCn1ccnc1CC(N)c1cccc(C)c1Br. The zero-order valence-corrected chi connectivity index (χ0v) is 13.0. The molecule has 19 heavy (non-hydrogen) atoms. The van der Waals surface area contributed by atoms with Crippen molar-refractivity contribution in [3.63, 3.8) is 0 Å². The molecular weight excluding hydrogens is 302 g/mol. The monoisotopic (exact) mass is 321 g/mol. The third-order valence-corrected chi connectivity index (χ3v) is 4.37. The maximum atomic E-state index is 6.34. The summed E-state index contributed by atoms with van der Waals surface area (Å²) >= 11 is 3.63. The van der Waals surface area contributed by atoms with Crippen LogP contribution < -0.4 is 5.73 Å². The number of hydrogen-bond donors (Lipinski definition) is 1. The number of halogens is 1. The molecule has 0 radical (unpaired) electrons. The molecule has 0 saturated heterocycles. The van der Waals surface area contributed by atoms with E-state index in [0.29, 0.717) is 0 Å². The quantitative estimate of drug-likeness (QED) is 0.914. The highest BCUT2D eigenvalue weighted by Crippen LogP contribution is 2.27. The average Bonchev–Trinajstić information content (AvgIpc) is 2.80. The van der Waals surface area contributed by atoms with E-state index < -0.39 is 0 Å². The first-order chi connectivity index (χ1) is 9.13. The number of hydrogen-bond acceptors (Lipinski definition) is 2. The van der Waals surface area contributed by atoms with E-state index in [4.69, 9.17) is 5.73 Å². The molecule has 1 heterocycles. The molecule has 102 valence electrons. The molecule has 1 aromatic carbocycles. The lowest BCUT2D eigenvalue weighted by Crippen LogP contribution is -2.17. The first-order valence-corrected chi connectivity index (χ1v) is 7.43. The topological polar surface area (TPSA) is 43.8 Å². The molecule has 2 rings (SSSR count). The van der Waals surface area contributed by atoms with Crippen LogP contribution in [-0.2, 0) is 13.0 Å². The van der Waals surface area contributed by atoms with Gasteiger partial charge in [0, 0.05) is 35.9 Å². The molecule has 0 aliphatic carbocycles. The van der Waals surface area contributed by atoms with Crippen LogP contribution in [0.4, 0.5) is 0 Å². The van der Waals surface area contributed by atoms with E-state index in [1.54, 1.807) is 0 Å². The van der Waals surface area contributed by atoms with Crippen LogP contribution in [0.25, 0.3) is 0 Å². The molecule has 1 unspecified atom stereocenters. The Bertz CT molecular complexity index is 548. The second-order valence-electron chi connectivity index (χ2n) is 4.83. The molecule has 0 fully saturated rings. The molecule has 0 saturated carbocycles. The fourth-order valence-electron chi connectivity index (χ4n) is 2.24. The third kappa shape index (κ3) is 3.25. The maximum Gasteiger partial charge on any atom is 0.110 e. The van der Waals surface area contributed by atoms with Crippen molar-refractivity contribution in [3.8, 4) is 0 Å². The van der Waals surface area contributed by atoms with Crippen molar-refractivity contribution in [2.75, 3.05) is 0 Å². The molecule has 1 aromatic heterocycles. The van der Waals surface area contributed by atoms with E-state index in [-0.39, 0.29) is 6.04 Å². The van der Waals surface area contributed by atoms with Gasteiger partial charge in [-0.05, 0) is 24.5 Å². The van der Waals surface area contributed by atoms with Gasteiger partial charge in [-0.1, -0.05) is 41.1 Å². The Balaban J connectivity index is 2.18. The number of aromatic nitrogens is 2. The van der Waals surface area contributed by atoms with Crippen LogP contribution in [-0.4, -0.2) is 9.55 Å². The zero-order chi connectivity index (χ0) is 13.8. The minimum atomic E-state index is -0.0349. The van der Waals surface area contributed by atoms with Crippen molar-refractivity contribution in [1.82, 2.24) is 9.55 Å². The van der Waals surface area contributed by atoms with Gasteiger partial charge in [0.25, 0.3) is 0 Å². The Kier molecular flexibility index (Phi) is 4.77. The molecule has 0 aliphatic heterocycles. The van der Waals surface area contributed by atoms with Crippen molar-refractivity contribution in [3.05, 3.63) is 52.0 Å². The van der Waals surface area contributed by atoms with E-state index in [9.17, 15) is 0 Å². The summed E-state index contributed by atoms with van der Waals surface area (Å²) in [7, 11) is 0. The Labute approximate surface area is 123 Å². The van der Waals surface area contributed by atoms with E-state index in [0.717, 1.165) is 35.2 Å². The molecule has 0 spiro atoms. The van der Waals surface area contributed by atoms with Crippen molar-refractivity contribution in [2.24, 2.45) is 5.73 Å². The van der Waals surface area contributed by atoms with Crippen LogP contribution in [0.15, 0.2) is 35.1 Å². The van der Waals surface area contributed by atoms with Gasteiger partial charge in [0.15, 0.2) is 0 Å². The Morgan fingerprint density at radius 1 is 1.42 bits per heavy atom. The summed E-state index contributed by atoms with van der Waals surface area (Å²) in [5.74, 6) is 1.06. The smallest absolute Gasteiger partial charge is 0.110 e. The molecule has 0 amide bonds. The predicted octanol–water partition coefficient (Wildman–Crippen LogP) is 3.61. The summed E-state index contributed by atoms with van der Waals surface area (Å²) < 4.78 is 3.29. The molecule has 0 aliphatic rings. The maximum absolute atomic E-state index is 6.34. The van der Waals surface area contributed by atoms with E-state index in [1.807, 2.05) is 18.5 Å². The highest BCUT2D eigenvalue weighted by Gasteiger charge is 2.14. The summed E-state index contributed by atoms with van der Waals surface area (Å²) in [6.07, 6.45) is 5.74. The van der Waals surface area contributed by atoms with Gasteiger partial charge < -0.3 is 10.3 Å². The first-order valence-electron chi connectivity index (χ1n) is 6.64.